The Bertz CT molecular complexity index is 782. The van der Waals surface area contributed by atoms with Gasteiger partial charge in [0.2, 0.25) is 0 Å². The number of benzene rings is 2. The van der Waals surface area contributed by atoms with Crippen molar-refractivity contribution in [3.05, 3.63) is 60.7 Å². The molecule has 4 nitrogen and oxygen atoms in total. The molecule has 1 amide bonds. The van der Waals surface area contributed by atoms with Gasteiger partial charge in [0.15, 0.2) is 0 Å². The number of nitrogens with one attached hydrogen (secondary N) is 1. The van der Waals surface area contributed by atoms with Gasteiger partial charge in [-0.1, -0.05) is 104 Å². The Kier molecular flexibility index (Phi) is 9.15. The second-order valence-electron chi connectivity index (χ2n) is 9.72. The van der Waals surface area contributed by atoms with Crippen LogP contribution in [0.1, 0.15) is 53.9 Å². The normalized spacial score (nSPS) is 13.5. The molecule has 0 heterocycles. The fourth-order valence-electron chi connectivity index (χ4n) is 3.94. The van der Waals surface area contributed by atoms with E-state index < -0.39 is 13.9 Å². The molecule has 170 valence electrons. The third kappa shape index (κ3) is 7.05. The van der Waals surface area contributed by atoms with Crippen molar-refractivity contribution in [1.82, 2.24) is 5.32 Å². The number of halogens is 1. The Labute approximate surface area is 202 Å². The summed E-state index contributed by atoms with van der Waals surface area (Å²) in [5, 5.41) is 4.77. The second kappa shape index (κ2) is 11.0. The zero-order chi connectivity index (χ0) is 23.1. The van der Waals surface area contributed by atoms with Crippen LogP contribution in [0.25, 0.3) is 0 Å². The van der Waals surface area contributed by atoms with Gasteiger partial charge in [-0.2, -0.15) is 0 Å². The lowest BCUT2D eigenvalue weighted by molar-refractivity contribution is 0.0507. The number of carbonyl (C=O) groups excluding carboxylic acids is 1. The van der Waals surface area contributed by atoms with E-state index in [0.29, 0.717) is 0 Å². The van der Waals surface area contributed by atoms with Gasteiger partial charge < -0.3 is 14.8 Å². The van der Waals surface area contributed by atoms with E-state index in [0.717, 1.165) is 34.1 Å². The molecule has 6 heteroatoms. The van der Waals surface area contributed by atoms with Crippen molar-refractivity contribution >= 4 is 47.4 Å². The van der Waals surface area contributed by atoms with Crippen LogP contribution >= 0.6 is 22.6 Å². The molecule has 0 unspecified atom stereocenters. The van der Waals surface area contributed by atoms with E-state index in [4.69, 9.17) is 4.74 Å². The molecule has 0 spiro atoms. The van der Waals surface area contributed by atoms with Crippen LogP contribution in [0.15, 0.2) is 60.7 Å². The molecule has 0 fully saturated rings. The van der Waals surface area contributed by atoms with Gasteiger partial charge in [0.1, 0.15) is 5.60 Å². The Hall–Kier alpha value is -1.38. The summed E-state index contributed by atoms with van der Waals surface area (Å²) in [5.41, 5.74) is -0.505. The Morgan fingerprint density at radius 2 is 1.48 bits per heavy atom. The van der Waals surface area contributed by atoms with Crippen LogP contribution in [0.5, 0.6) is 0 Å². The minimum Gasteiger partial charge on any atom is -0.444 e. The molecule has 0 saturated heterocycles. The molecule has 2 N–H and O–H groups in total. The number of alkyl halides is 1. The lowest BCUT2D eigenvalue weighted by atomic mass is 10.0. The second-order valence-corrected chi connectivity index (χ2v) is 14.5. The fourth-order valence-corrected chi connectivity index (χ4v) is 8.39. The molecule has 0 radical (unpaired) electrons. The number of hydrogen-bond acceptors (Lipinski definition) is 3. The van der Waals surface area contributed by atoms with E-state index in [1.807, 2.05) is 57.2 Å². The standard InChI is InChI=1S/C25H36INO3Si/c1-24(2,3)30-23(28)27-20(19-26)13-12-18-25(4,5)31(29,21-14-8-6-9-15-21)22-16-10-7-11-17-22/h6-11,14-17,20,29H,12-13,18-19H2,1-5H3,(H,27,28)/t20-/m1/s1. The minimum atomic E-state index is -2.99. The molecule has 0 aliphatic heterocycles. The van der Waals surface area contributed by atoms with Crippen molar-refractivity contribution < 1.29 is 14.3 Å². The van der Waals surface area contributed by atoms with Crippen LogP contribution in [-0.4, -0.2) is 35.3 Å². The molecule has 1 atom stereocenters. The van der Waals surface area contributed by atoms with Crippen LogP contribution in [0.4, 0.5) is 4.79 Å². The third-order valence-corrected chi connectivity index (χ3v) is 11.2. The summed E-state index contributed by atoms with van der Waals surface area (Å²) in [5.74, 6) is 0. The maximum Gasteiger partial charge on any atom is 0.407 e. The number of rotatable bonds is 9. The van der Waals surface area contributed by atoms with Crippen molar-refractivity contribution in [1.29, 1.82) is 0 Å². The van der Waals surface area contributed by atoms with Crippen LogP contribution in [0, 0.1) is 0 Å². The number of hydrogen-bond donors (Lipinski definition) is 2. The first kappa shape index (κ1) is 25.9. The van der Waals surface area contributed by atoms with Gasteiger partial charge in [0.05, 0.1) is 0 Å². The van der Waals surface area contributed by atoms with Crippen LogP contribution in [0.2, 0.25) is 5.04 Å². The summed E-state index contributed by atoms with van der Waals surface area (Å²) in [6.07, 6.45) is 2.25. The molecule has 0 saturated carbocycles. The minimum absolute atomic E-state index is 0.0504. The maximum atomic E-state index is 12.2. The fraction of sp³-hybridized carbons (Fsp3) is 0.480. The SMILES string of the molecule is CC(C)(C)OC(=O)N[C@@H](CI)CCCC(C)(C)[Si](O)(c1ccccc1)c1ccccc1. The highest BCUT2D eigenvalue weighted by atomic mass is 127. The smallest absolute Gasteiger partial charge is 0.407 e. The third-order valence-electron chi connectivity index (χ3n) is 5.62. The average Bonchev–Trinajstić information content (AvgIpc) is 2.72. The van der Waals surface area contributed by atoms with Gasteiger partial charge in [-0.05, 0) is 49.0 Å². The van der Waals surface area contributed by atoms with Crippen LogP contribution in [-0.2, 0) is 4.74 Å². The summed E-state index contributed by atoms with van der Waals surface area (Å²) in [4.78, 5) is 24.4. The lowest BCUT2D eigenvalue weighted by Gasteiger charge is -2.41. The van der Waals surface area contributed by atoms with Crippen molar-refractivity contribution in [3.63, 3.8) is 0 Å². The predicted molar refractivity (Wildman–Crippen MR) is 140 cm³/mol. The van der Waals surface area contributed by atoms with Gasteiger partial charge in [0, 0.05) is 10.5 Å². The van der Waals surface area contributed by atoms with E-state index in [1.54, 1.807) is 0 Å². The zero-order valence-corrected chi connectivity index (χ0v) is 22.5. The average molecular weight is 554 g/mol. The Morgan fingerprint density at radius 1 is 1.00 bits per heavy atom. The predicted octanol–water partition coefficient (Wildman–Crippen LogP) is 5.02. The van der Waals surface area contributed by atoms with E-state index in [1.165, 1.54) is 0 Å². The molecule has 31 heavy (non-hydrogen) atoms. The van der Waals surface area contributed by atoms with Gasteiger partial charge in [-0.3, -0.25) is 0 Å². The van der Waals surface area contributed by atoms with Crippen molar-refractivity contribution in [2.45, 2.75) is 70.6 Å². The topological polar surface area (TPSA) is 58.6 Å². The van der Waals surface area contributed by atoms with Crippen molar-refractivity contribution in [3.8, 4) is 0 Å². The number of ether oxygens (including phenoxy) is 1. The summed E-state index contributed by atoms with van der Waals surface area (Å²) in [6, 6.07) is 20.3. The number of alkyl carbamates (subject to hydrolysis) is 1. The van der Waals surface area contributed by atoms with E-state index in [9.17, 15) is 9.59 Å². The Balaban J connectivity index is 2.13. The maximum absolute atomic E-state index is 12.2. The van der Waals surface area contributed by atoms with Crippen LogP contribution in [0.3, 0.4) is 0 Å². The first-order valence-electron chi connectivity index (χ1n) is 10.9. The van der Waals surface area contributed by atoms with E-state index in [-0.39, 0.29) is 17.2 Å². The molecule has 0 aliphatic carbocycles. The van der Waals surface area contributed by atoms with Crippen LogP contribution < -0.4 is 15.7 Å². The highest BCUT2D eigenvalue weighted by molar-refractivity contribution is 14.1. The van der Waals surface area contributed by atoms with Crippen molar-refractivity contribution in [2.75, 3.05) is 4.43 Å². The summed E-state index contributed by atoms with van der Waals surface area (Å²) in [7, 11) is -2.99. The molecule has 2 aromatic carbocycles. The number of amides is 1. The molecule has 0 bridgehead atoms. The van der Waals surface area contributed by atoms with E-state index >= 15 is 0 Å². The van der Waals surface area contributed by atoms with E-state index in [2.05, 4.69) is 66.0 Å². The molecule has 2 aromatic rings. The Morgan fingerprint density at radius 3 is 1.90 bits per heavy atom. The first-order valence-corrected chi connectivity index (χ1v) is 14.4. The zero-order valence-electron chi connectivity index (χ0n) is 19.3. The molecule has 2 rings (SSSR count). The molecule has 0 aliphatic rings. The molecular weight excluding hydrogens is 517 g/mol. The quantitative estimate of drug-likeness (QED) is 0.261. The monoisotopic (exact) mass is 553 g/mol. The van der Waals surface area contributed by atoms with Gasteiger partial charge in [-0.25, -0.2) is 4.79 Å². The summed E-state index contributed by atoms with van der Waals surface area (Å²) in [6.45, 7) is 9.96. The summed E-state index contributed by atoms with van der Waals surface area (Å²) < 4.78 is 6.22. The first-order chi connectivity index (χ1) is 14.5. The summed E-state index contributed by atoms with van der Waals surface area (Å²) >= 11 is 2.30. The van der Waals surface area contributed by atoms with Gasteiger partial charge in [-0.15, -0.1) is 0 Å². The van der Waals surface area contributed by atoms with Crippen molar-refractivity contribution in [2.24, 2.45) is 0 Å². The highest BCUT2D eigenvalue weighted by Gasteiger charge is 2.49. The lowest BCUT2D eigenvalue weighted by Crippen LogP contribution is -2.65. The van der Waals surface area contributed by atoms with Gasteiger partial charge >= 0.3 is 6.09 Å². The largest absolute Gasteiger partial charge is 0.444 e. The number of carbonyl (C=O) groups is 1. The highest BCUT2D eigenvalue weighted by Crippen LogP contribution is 2.40. The molecular formula is C25H36INO3Si. The van der Waals surface area contributed by atoms with Gasteiger partial charge in [0.25, 0.3) is 8.32 Å². The molecule has 0 aromatic heterocycles.